The molecule has 0 aromatic carbocycles. The van der Waals surface area contributed by atoms with Gasteiger partial charge in [0.05, 0.1) is 16.4 Å². The predicted molar refractivity (Wildman–Crippen MR) is 67.1 cm³/mol. The summed E-state index contributed by atoms with van der Waals surface area (Å²) in [7, 11) is 1.89. The number of hydrogen-bond donors (Lipinski definition) is 1. The summed E-state index contributed by atoms with van der Waals surface area (Å²) < 4.78 is 2.70. The van der Waals surface area contributed by atoms with E-state index < -0.39 is 5.60 Å². The van der Waals surface area contributed by atoms with Crippen LogP contribution in [0.3, 0.4) is 0 Å². The van der Waals surface area contributed by atoms with Crippen molar-refractivity contribution in [3.63, 3.8) is 0 Å². The largest absolute Gasteiger partial charge is 0.384 e. The van der Waals surface area contributed by atoms with Crippen LogP contribution in [-0.4, -0.2) is 14.9 Å². The molecule has 1 fully saturated rings. The molecule has 90 valence electrons. The molecule has 1 aromatic heterocycles. The molecule has 0 saturated heterocycles. The average molecular weight is 287 g/mol. The van der Waals surface area contributed by atoms with Crippen molar-refractivity contribution in [2.75, 3.05) is 0 Å². The molecule has 3 nitrogen and oxygen atoms in total. The third-order valence-electron chi connectivity index (χ3n) is 3.55. The molecule has 0 aliphatic heterocycles. The van der Waals surface area contributed by atoms with E-state index in [1.165, 1.54) is 6.42 Å². The summed E-state index contributed by atoms with van der Waals surface area (Å²) >= 11 is 3.48. The quantitative estimate of drug-likeness (QED) is 0.862. The van der Waals surface area contributed by atoms with Crippen LogP contribution in [0.5, 0.6) is 0 Å². The maximum Gasteiger partial charge on any atom is 0.108 e. The van der Waals surface area contributed by atoms with Crippen molar-refractivity contribution in [1.29, 1.82) is 0 Å². The Morgan fingerprint density at radius 1 is 1.44 bits per heavy atom. The molecule has 16 heavy (non-hydrogen) atoms. The number of rotatable bonds is 1. The molecule has 1 aliphatic carbocycles. The standard InChI is InChI=1S/C12H19BrN2O/c1-11(2)5-4-6-12(16,8-11)10-9(13)7-14-15(10)3/h7,16H,4-6,8H2,1-3H3. The fourth-order valence-corrected chi connectivity index (χ4v) is 3.68. The molecule has 1 aromatic rings. The van der Waals surface area contributed by atoms with E-state index in [1.807, 2.05) is 7.05 Å². The number of aryl methyl sites for hydroxylation is 1. The van der Waals surface area contributed by atoms with E-state index in [0.717, 1.165) is 29.4 Å². The normalized spacial score (nSPS) is 29.3. The van der Waals surface area contributed by atoms with Gasteiger partial charge in [-0.1, -0.05) is 13.8 Å². The molecule has 2 rings (SSSR count). The fourth-order valence-electron chi connectivity index (χ4n) is 2.96. The zero-order chi connectivity index (χ0) is 12.0. The van der Waals surface area contributed by atoms with E-state index in [9.17, 15) is 5.11 Å². The first kappa shape index (κ1) is 12.1. The van der Waals surface area contributed by atoms with Gasteiger partial charge >= 0.3 is 0 Å². The minimum atomic E-state index is -0.730. The van der Waals surface area contributed by atoms with Crippen molar-refractivity contribution < 1.29 is 5.11 Å². The minimum Gasteiger partial charge on any atom is -0.384 e. The molecule has 0 bridgehead atoms. The third-order valence-corrected chi connectivity index (χ3v) is 4.13. The summed E-state index contributed by atoms with van der Waals surface area (Å²) in [6.45, 7) is 4.45. The van der Waals surface area contributed by atoms with Crippen LogP contribution < -0.4 is 0 Å². The highest BCUT2D eigenvalue weighted by molar-refractivity contribution is 9.10. The van der Waals surface area contributed by atoms with Crippen LogP contribution in [0.15, 0.2) is 10.7 Å². The molecule has 0 amide bonds. The Hall–Kier alpha value is -0.350. The van der Waals surface area contributed by atoms with E-state index in [4.69, 9.17) is 0 Å². The summed E-state index contributed by atoms with van der Waals surface area (Å²) in [4.78, 5) is 0. The van der Waals surface area contributed by atoms with Crippen LogP contribution >= 0.6 is 15.9 Å². The predicted octanol–water partition coefficient (Wildman–Crippen LogP) is 2.97. The second kappa shape index (κ2) is 3.84. The SMILES string of the molecule is Cn1ncc(Br)c1C1(O)CCCC(C)(C)C1. The van der Waals surface area contributed by atoms with E-state index in [-0.39, 0.29) is 5.41 Å². The molecule has 1 N–H and O–H groups in total. The van der Waals surface area contributed by atoms with E-state index in [1.54, 1.807) is 10.9 Å². The topological polar surface area (TPSA) is 38.0 Å². The highest BCUT2D eigenvalue weighted by Crippen LogP contribution is 2.47. The summed E-state index contributed by atoms with van der Waals surface area (Å²) in [5.41, 5.74) is 0.392. The van der Waals surface area contributed by atoms with Crippen molar-refractivity contribution in [2.45, 2.75) is 45.1 Å². The van der Waals surface area contributed by atoms with Gasteiger partial charge in [-0.2, -0.15) is 5.10 Å². The second-order valence-corrected chi connectivity index (χ2v) is 6.55. The minimum absolute atomic E-state index is 0.205. The van der Waals surface area contributed by atoms with Gasteiger partial charge in [-0.25, -0.2) is 0 Å². The van der Waals surface area contributed by atoms with E-state index in [2.05, 4.69) is 34.9 Å². The molecule has 1 saturated carbocycles. The Kier molecular flexibility index (Phi) is 2.91. The van der Waals surface area contributed by atoms with Gasteiger partial charge in [-0.05, 0) is 47.0 Å². The monoisotopic (exact) mass is 286 g/mol. The number of aliphatic hydroxyl groups is 1. The number of nitrogens with zero attached hydrogens (tertiary/aromatic N) is 2. The Morgan fingerprint density at radius 2 is 2.12 bits per heavy atom. The zero-order valence-electron chi connectivity index (χ0n) is 10.1. The fraction of sp³-hybridized carbons (Fsp3) is 0.750. The van der Waals surface area contributed by atoms with Crippen LogP contribution in [-0.2, 0) is 12.6 Å². The summed E-state index contributed by atoms with van der Waals surface area (Å²) in [5.74, 6) is 0. The molecule has 1 heterocycles. The van der Waals surface area contributed by atoms with Gasteiger partial charge in [0, 0.05) is 7.05 Å². The molecule has 1 aliphatic rings. The molecule has 1 unspecified atom stereocenters. The van der Waals surface area contributed by atoms with Crippen LogP contribution in [0.4, 0.5) is 0 Å². The number of halogens is 1. The lowest BCUT2D eigenvalue weighted by atomic mass is 9.68. The maximum absolute atomic E-state index is 10.8. The molecule has 0 radical (unpaired) electrons. The lowest BCUT2D eigenvalue weighted by Crippen LogP contribution is -2.38. The van der Waals surface area contributed by atoms with Crippen molar-refractivity contribution in [3.05, 3.63) is 16.4 Å². The van der Waals surface area contributed by atoms with Crippen LogP contribution in [0.25, 0.3) is 0 Å². The van der Waals surface area contributed by atoms with Crippen molar-refractivity contribution >= 4 is 15.9 Å². The van der Waals surface area contributed by atoms with Crippen LogP contribution in [0.2, 0.25) is 0 Å². The van der Waals surface area contributed by atoms with Gasteiger partial charge in [-0.15, -0.1) is 0 Å². The van der Waals surface area contributed by atoms with Crippen molar-refractivity contribution in [3.8, 4) is 0 Å². The Labute approximate surface area is 105 Å². The number of aromatic nitrogens is 2. The van der Waals surface area contributed by atoms with Gasteiger partial charge in [0.25, 0.3) is 0 Å². The third kappa shape index (κ3) is 2.05. The van der Waals surface area contributed by atoms with Gasteiger partial charge in [-0.3, -0.25) is 4.68 Å². The maximum atomic E-state index is 10.8. The smallest absolute Gasteiger partial charge is 0.108 e. The van der Waals surface area contributed by atoms with Gasteiger partial charge < -0.3 is 5.11 Å². The summed E-state index contributed by atoms with van der Waals surface area (Å²) in [6, 6.07) is 0. The number of hydrogen-bond acceptors (Lipinski definition) is 2. The Balaban J connectivity index is 2.39. The Morgan fingerprint density at radius 3 is 2.62 bits per heavy atom. The molecular formula is C12H19BrN2O. The van der Waals surface area contributed by atoms with Gasteiger partial charge in [0.1, 0.15) is 5.60 Å². The first-order valence-corrected chi connectivity index (χ1v) is 6.54. The lowest BCUT2D eigenvalue weighted by Gasteiger charge is -2.41. The molecule has 4 heteroatoms. The summed E-state index contributed by atoms with van der Waals surface area (Å²) in [5, 5.41) is 15.0. The summed E-state index contributed by atoms with van der Waals surface area (Å²) in [6.07, 6.45) is 5.65. The zero-order valence-corrected chi connectivity index (χ0v) is 11.7. The molecular weight excluding hydrogens is 268 g/mol. The van der Waals surface area contributed by atoms with Crippen LogP contribution in [0, 0.1) is 5.41 Å². The average Bonchev–Trinajstić information content (AvgIpc) is 2.44. The first-order valence-electron chi connectivity index (χ1n) is 5.74. The molecule has 1 atom stereocenters. The van der Waals surface area contributed by atoms with E-state index >= 15 is 0 Å². The highest BCUT2D eigenvalue weighted by Gasteiger charge is 2.42. The lowest BCUT2D eigenvalue weighted by molar-refractivity contribution is -0.0504. The molecule has 0 spiro atoms. The first-order chi connectivity index (χ1) is 7.34. The van der Waals surface area contributed by atoms with Crippen molar-refractivity contribution in [1.82, 2.24) is 9.78 Å². The van der Waals surface area contributed by atoms with Gasteiger partial charge in [0.2, 0.25) is 0 Å². The van der Waals surface area contributed by atoms with Crippen molar-refractivity contribution in [2.24, 2.45) is 12.5 Å². The van der Waals surface area contributed by atoms with Gasteiger partial charge in [0.15, 0.2) is 0 Å². The second-order valence-electron chi connectivity index (χ2n) is 5.69. The van der Waals surface area contributed by atoms with E-state index in [0.29, 0.717) is 0 Å². The highest BCUT2D eigenvalue weighted by atomic mass is 79.9. The Bertz CT molecular complexity index is 380. The van der Waals surface area contributed by atoms with Crippen LogP contribution in [0.1, 0.15) is 45.2 Å².